The molecular weight excluding hydrogens is 319 g/mol. The van der Waals surface area contributed by atoms with Gasteiger partial charge in [0.25, 0.3) is 5.91 Å². The highest BCUT2D eigenvalue weighted by Crippen LogP contribution is 2.28. The zero-order valence-corrected chi connectivity index (χ0v) is 10.6. The number of hydrogen-bond acceptors (Lipinski definition) is 3. The van der Waals surface area contributed by atoms with Crippen molar-refractivity contribution in [2.75, 3.05) is 0 Å². The molecule has 1 aromatic heterocycles. The number of nitrogens with two attached hydrogens (primary N) is 1. The Balaban J connectivity index is 2.68. The van der Waals surface area contributed by atoms with Crippen LogP contribution >= 0.6 is 22.6 Å². The second-order valence-corrected chi connectivity index (χ2v) is 4.48. The summed E-state index contributed by atoms with van der Waals surface area (Å²) in [5.74, 6) is -0.581. The second kappa shape index (κ2) is 4.20. The van der Waals surface area contributed by atoms with Crippen molar-refractivity contribution in [3.8, 4) is 11.3 Å². The van der Waals surface area contributed by atoms with Crippen LogP contribution < -0.4 is 5.73 Å². The number of carbonyl (C=O) groups excluding carboxylic acids is 1. The summed E-state index contributed by atoms with van der Waals surface area (Å²) in [5.41, 5.74) is 7.84. The third-order valence-electron chi connectivity index (χ3n) is 2.24. The Labute approximate surface area is 106 Å². The van der Waals surface area contributed by atoms with Gasteiger partial charge in [-0.2, -0.15) is 15.4 Å². The fraction of sp³-hybridized carbons (Fsp3) is 0.100. The van der Waals surface area contributed by atoms with Crippen LogP contribution in [0, 0.1) is 10.5 Å². The number of nitrogens with zero attached hydrogens (tertiary/aromatic N) is 2. The molecule has 2 aromatic rings. The first-order valence-electron chi connectivity index (χ1n) is 4.57. The van der Waals surface area contributed by atoms with Crippen molar-refractivity contribution in [1.82, 2.24) is 15.4 Å². The number of H-pyrrole nitrogens is 1. The zero-order valence-electron chi connectivity index (χ0n) is 8.49. The largest absolute Gasteiger partial charge is 0.364 e. The zero-order chi connectivity index (χ0) is 11.7. The molecule has 2 rings (SSSR count). The van der Waals surface area contributed by atoms with Crippen molar-refractivity contribution in [3.63, 3.8) is 0 Å². The summed E-state index contributed by atoms with van der Waals surface area (Å²) in [7, 11) is 0. The molecular formula is C10H9IN4O. The summed E-state index contributed by atoms with van der Waals surface area (Å²) in [6.07, 6.45) is 0. The number of nitrogens with one attached hydrogen (secondary N) is 1. The molecule has 0 radical (unpaired) electrons. The van der Waals surface area contributed by atoms with Gasteiger partial charge < -0.3 is 5.73 Å². The predicted octanol–water partition coefficient (Wildman–Crippen LogP) is 1.48. The van der Waals surface area contributed by atoms with Gasteiger partial charge in [-0.15, -0.1) is 0 Å². The summed E-state index contributed by atoms with van der Waals surface area (Å²) in [6.45, 7) is 1.96. The number of benzene rings is 1. The maximum Gasteiger partial charge on any atom is 0.271 e. The van der Waals surface area contributed by atoms with Crippen LogP contribution in [0.1, 0.15) is 16.1 Å². The first kappa shape index (κ1) is 11.1. The number of carbonyl (C=O) groups is 1. The Kier molecular flexibility index (Phi) is 2.90. The van der Waals surface area contributed by atoms with E-state index in [1.807, 2.05) is 25.1 Å². The third-order valence-corrected chi connectivity index (χ3v) is 3.14. The van der Waals surface area contributed by atoms with Gasteiger partial charge in [0.1, 0.15) is 5.69 Å². The Bertz CT molecular complexity index is 529. The number of aromatic nitrogens is 3. The van der Waals surface area contributed by atoms with Gasteiger partial charge in [-0.25, -0.2) is 0 Å². The molecule has 0 saturated heterocycles. The Morgan fingerprint density at radius 2 is 2.19 bits per heavy atom. The van der Waals surface area contributed by atoms with Gasteiger partial charge in [-0.3, -0.25) is 4.79 Å². The van der Waals surface area contributed by atoms with Gasteiger partial charge in [-0.1, -0.05) is 12.1 Å². The molecule has 0 unspecified atom stereocenters. The topological polar surface area (TPSA) is 84.7 Å². The van der Waals surface area contributed by atoms with Crippen LogP contribution in [0.3, 0.4) is 0 Å². The number of rotatable bonds is 2. The highest BCUT2D eigenvalue weighted by atomic mass is 127. The maximum absolute atomic E-state index is 11.2. The van der Waals surface area contributed by atoms with Crippen LogP contribution in [0.5, 0.6) is 0 Å². The first-order valence-corrected chi connectivity index (χ1v) is 5.65. The minimum absolute atomic E-state index is 0.173. The lowest BCUT2D eigenvalue weighted by molar-refractivity contribution is 0.0996. The van der Waals surface area contributed by atoms with Crippen LogP contribution in [0.15, 0.2) is 18.2 Å². The number of amides is 1. The minimum atomic E-state index is -0.581. The summed E-state index contributed by atoms with van der Waals surface area (Å²) < 4.78 is 1.01. The van der Waals surface area contributed by atoms with E-state index in [0.29, 0.717) is 5.69 Å². The number of halogens is 1. The number of aromatic amines is 1. The summed E-state index contributed by atoms with van der Waals surface area (Å²) in [5, 5.41) is 10.2. The van der Waals surface area contributed by atoms with Gasteiger partial charge in [0, 0.05) is 9.13 Å². The third kappa shape index (κ3) is 1.80. The molecule has 0 saturated carbocycles. The molecule has 0 fully saturated rings. The molecule has 16 heavy (non-hydrogen) atoms. The van der Waals surface area contributed by atoms with Crippen LogP contribution in [0.4, 0.5) is 0 Å². The van der Waals surface area contributed by atoms with E-state index < -0.39 is 5.91 Å². The van der Waals surface area contributed by atoms with Crippen molar-refractivity contribution in [2.24, 2.45) is 5.73 Å². The molecule has 0 spiro atoms. The lowest BCUT2D eigenvalue weighted by Gasteiger charge is -2.05. The molecule has 5 nitrogen and oxygen atoms in total. The second-order valence-electron chi connectivity index (χ2n) is 3.32. The van der Waals surface area contributed by atoms with E-state index in [1.165, 1.54) is 0 Å². The van der Waals surface area contributed by atoms with Gasteiger partial charge in [0.05, 0.1) is 0 Å². The molecule has 3 N–H and O–H groups in total. The maximum atomic E-state index is 11.2. The summed E-state index contributed by atoms with van der Waals surface area (Å²) in [4.78, 5) is 11.2. The molecule has 0 aliphatic heterocycles. The van der Waals surface area contributed by atoms with Crippen LogP contribution in [-0.4, -0.2) is 21.3 Å². The van der Waals surface area contributed by atoms with E-state index in [-0.39, 0.29) is 5.69 Å². The molecule has 1 heterocycles. The van der Waals surface area contributed by atoms with Gasteiger partial charge in [-0.05, 0) is 41.1 Å². The van der Waals surface area contributed by atoms with E-state index in [4.69, 9.17) is 5.73 Å². The van der Waals surface area contributed by atoms with E-state index in [1.54, 1.807) is 0 Å². The standard InChI is InChI=1S/C10H9IN4O/c1-5-3-2-4-6(11)7(5)8-9(10(12)16)14-15-13-8/h2-4H,1H3,(H2,12,16)(H,13,14,15). The Morgan fingerprint density at radius 1 is 1.44 bits per heavy atom. The number of primary amides is 1. The summed E-state index contributed by atoms with van der Waals surface area (Å²) in [6, 6.07) is 5.85. The molecule has 0 bridgehead atoms. The molecule has 1 amide bonds. The van der Waals surface area contributed by atoms with Crippen molar-refractivity contribution in [2.45, 2.75) is 6.92 Å². The number of hydrogen-bond donors (Lipinski definition) is 2. The number of aryl methyl sites for hydroxylation is 1. The van der Waals surface area contributed by atoms with Gasteiger partial charge in [0.2, 0.25) is 0 Å². The molecule has 0 atom stereocenters. The van der Waals surface area contributed by atoms with E-state index in [2.05, 4.69) is 38.0 Å². The fourth-order valence-electron chi connectivity index (χ4n) is 1.51. The molecule has 6 heteroatoms. The van der Waals surface area contributed by atoms with Crippen LogP contribution in [0.25, 0.3) is 11.3 Å². The smallest absolute Gasteiger partial charge is 0.271 e. The molecule has 0 aliphatic carbocycles. The van der Waals surface area contributed by atoms with Crippen LogP contribution in [-0.2, 0) is 0 Å². The summed E-state index contributed by atoms with van der Waals surface area (Å²) >= 11 is 2.19. The lowest BCUT2D eigenvalue weighted by atomic mass is 10.0. The van der Waals surface area contributed by atoms with Crippen molar-refractivity contribution in [1.29, 1.82) is 0 Å². The van der Waals surface area contributed by atoms with Crippen molar-refractivity contribution < 1.29 is 4.79 Å². The SMILES string of the molecule is Cc1cccc(I)c1-c1n[nH]nc1C(N)=O. The lowest BCUT2D eigenvalue weighted by Crippen LogP contribution is -2.13. The quantitative estimate of drug-likeness (QED) is 0.819. The van der Waals surface area contributed by atoms with Crippen molar-refractivity contribution >= 4 is 28.5 Å². The molecule has 1 aromatic carbocycles. The average Bonchev–Trinajstić information content (AvgIpc) is 2.66. The average molecular weight is 328 g/mol. The minimum Gasteiger partial charge on any atom is -0.364 e. The first-order chi connectivity index (χ1) is 7.61. The monoisotopic (exact) mass is 328 g/mol. The predicted molar refractivity (Wildman–Crippen MR) is 67.8 cm³/mol. The highest BCUT2D eigenvalue weighted by Gasteiger charge is 2.18. The van der Waals surface area contributed by atoms with E-state index >= 15 is 0 Å². The van der Waals surface area contributed by atoms with Crippen molar-refractivity contribution in [3.05, 3.63) is 33.0 Å². The normalized spacial score (nSPS) is 10.4. The van der Waals surface area contributed by atoms with E-state index in [9.17, 15) is 4.79 Å². The highest BCUT2D eigenvalue weighted by molar-refractivity contribution is 14.1. The van der Waals surface area contributed by atoms with E-state index in [0.717, 1.165) is 14.7 Å². The van der Waals surface area contributed by atoms with Gasteiger partial charge in [0.15, 0.2) is 5.69 Å². The fourth-order valence-corrected chi connectivity index (χ4v) is 2.40. The Hall–Kier alpha value is -1.44. The Morgan fingerprint density at radius 3 is 2.81 bits per heavy atom. The molecule has 0 aliphatic rings. The van der Waals surface area contributed by atoms with Gasteiger partial charge >= 0.3 is 0 Å². The molecule has 82 valence electrons. The van der Waals surface area contributed by atoms with Crippen LogP contribution in [0.2, 0.25) is 0 Å².